The largest absolute Gasteiger partial charge is 0.382 e. The van der Waals surface area contributed by atoms with Gasteiger partial charge in [-0.2, -0.15) is 9.97 Å². The number of aromatic nitrogens is 4. The lowest BCUT2D eigenvalue weighted by molar-refractivity contribution is 0.0613. The maximum absolute atomic E-state index is 6.42. The molecule has 3 aliphatic rings. The first kappa shape index (κ1) is 24.3. The average molecular weight is 534 g/mol. The Hall–Kier alpha value is -1.41. The molecule has 3 fully saturated rings. The third-order valence-corrected chi connectivity index (χ3v) is 9.73. The number of ether oxygens (including phenoxy) is 1. The van der Waals surface area contributed by atoms with Crippen molar-refractivity contribution in [3.63, 3.8) is 0 Å². The number of hydrogen-bond acceptors (Lipinski definition) is 6. The zero-order chi connectivity index (χ0) is 23.9. The fraction of sp³-hybridized carbons (Fsp3) is 0.808. The van der Waals surface area contributed by atoms with Gasteiger partial charge in [0.05, 0.1) is 0 Å². The number of anilines is 2. The van der Waals surface area contributed by atoms with Crippen molar-refractivity contribution >= 4 is 38.9 Å². The first-order valence-electron chi connectivity index (χ1n) is 13.4. The molecule has 34 heavy (non-hydrogen) atoms. The first-order valence-corrected chi connectivity index (χ1v) is 14.2. The third kappa shape index (κ3) is 4.81. The molecule has 1 aliphatic heterocycles. The van der Waals surface area contributed by atoms with Crippen LogP contribution in [0.4, 0.5) is 11.8 Å². The highest BCUT2D eigenvalue weighted by molar-refractivity contribution is 9.10. The molecule has 188 valence electrons. The van der Waals surface area contributed by atoms with Gasteiger partial charge in [0.15, 0.2) is 21.7 Å². The van der Waals surface area contributed by atoms with Gasteiger partial charge < -0.3 is 20.4 Å². The number of imidazole rings is 1. The van der Waals surface area contributed by atoms with Crippen LogP contribution in [0.2, 0.25) is 0 Å². The summed E-state index contributed by atoms with van der Waals surface area (Å²) in [5.41, 5.74) is 8.33. The summed E-state index contributed by atoms with van der Waals surface area (Å²) in [6.07, 6.45) is 11.5. The molecule has 5 rings (SSSR count). The number of nitrogen functional groups attached to an aromatic ring is 1. The highest BCUT2D eigenvalue weighted by Crippen LogP contribution is 2.51. The van der Waals surface area contributed by atoms with E-state index >= 15 is 0 Å². The average Bonchev–Trinajstić information content (AvgIpc) is 3.45. The normalized spacial score (nSPS) is 29.3. The Bertz CT molecular complexity index is 997. The summed E-state index contributed by atoms with van der Waals surface area (Å²) in [4.78, 5) is 14.3. The molecule has 3 heterocycles. The van der Waals surface area contributed by atoms with Gasteiger partial charge in [0.1, 0.15) is 0 Å². The second-order valence-corrected chi connectivity index (χ2v) is 12.4. The van der Waals surface area contributed by atoms with Gasteiger partial charge in [-0.1, -0.05) is 33.6 Å². The highest BCUT2D eigenvalue weighted by atomic mass is 79.9. The number of fused-ring (bicyclic) bond motifs is 1. The number of halogens is 1. The molecule has 3 atom stereocenters. The molecule has 0 radical (unpaired) electrons. The Labute approximate surface area is 212 Å². The smallest absolute Gasteiger partial charge is 0.227 e. The Morgan fingerprint density at radius 2 is 1.85 bits per heavy atom. The summed E-state index contributed by atoms with van der Waals surface area (Å²) >= 11 is 3.65. The molecule has 8 heteroatoms. The van der Waals surface area contributed by atoms with Gasteiger partial charge in [-0.25, -0.2) is 4.98 Å². The molecule has 7 nitrogen and oxygen atoms in total. The predicted molar refractivity (Wildman–Crippen MR) is 141 cm³/mol. The fourth-order valence-corrected chi connectivity index (χ4v) is 7.47. The summed E-state index contributed by atoms with van der Waals surface area (Å²) in [5, 5.41) is 3.79. The molecule has 0 bridgehead atoms. The number of nitrogens with one attached hydrogen (secondary N) is 1. The summed E-state index contributed by atoms with van der Waals surface area (Å²) in [5.74, 6) is 3.76. The van der Waals surface area contributed by atoms with E-state index in [0.29, 0.717) is 46.5 Å². The minimum atomic E-state index is 0.367. The van der Waals surface area contributed by atoms with Crippen LogP contribution in [-0.4, -0.2) is 38.8 Å². The van der Waals surface area contributed by atoms with E-state index < -0.39 is 0 Å². The molecule has 0 aromatic carbocycles. The van der Waals surface area contributed by atoms with Gasteiger partial charge in [-0.3, -0.25) is 0 Å². The number of nitrogens with two attached hydrogens (primary N) is 1. The van der Waals surface area contributed by atoms with Gasteiger partial charge in [0, 0.05) is 25.8 Å². The van der Waals surface area contributed by atoms with Crippen LogP contribution < -0.4 is 11.1 Å². The standard InChI is InChI=1S/C26H41BrN6O/c1-16(2)19-8-11-26(3,18-6-4-5-7-18)14-20(19)29-25-31-22(28)21-23(32-25)33(24(27)30-21)15-17-9-12-34-13-10-17/h16-20H,4-15H2,1-3H3,(H3,28,29,31,32). The van der Waals surface area contributed by atoms with E-state index in [4.69, 9.17) is 15.5 Å². The fourth-order valence-electron chi connectivity index (χ4n) is 6.98. The molecule has 2 aliphatic carbocycles. The van der Waals surface area contributed by atoms with Crippen molar-refractivity contribution in [1.29, 1.82) is 0 Å². The monoisotopic (exact) mass is 532 g/mol. The van der Waals surface area contributed by atoms with E-state index in [1.54, 1.807) is 0 Å². The summed E-state index contributed by atoms with van der Waals surface area (Å²) in [7, 11) is 0. The SMILES string of the molecule is CC(C)C1CCC(C)(C2CCCC2)CC1Nc1nc(N)c2nc(Br)n(CC3CCOCC3)c2n1. The number of rotatable bonds is 6. The Morgan fingerprint density at radius 3 is 2.56 bits per heavy atom. The maximum Gasteiger partial charge on any atom is 0.227 e. The van der Waals surface area contributed by atoms with Crippen molar-refractivity contribution in [3.05, 3.63) is 4.73 Å². The zero-order valence-corrected chi connectivity index (χ0v) is 22.6. The van der Waals surface area contributed by atoms with Crippen molar-refractivity contribution < 1.29 is 4.74 Å². The minimum Gasteiger partial charge on any atom is -0.382 e. The van der Waals surface area contributed by atoms with E-state index in [1.807, 2.05) is 0 Å². The maximum atomic E-state index is 6.42. The third-order valence-electron chi connectivity index (χ3n) is 9.12. The topological polar surface area (TPSA) is 90.9 Å². The molecule has 0 amide bonds. The Morgan fingerprint density at radius 1 is 1.12 bits per heavy atom. The predicted octanol–water partition coefficient (Wildman–Crippen LogP) is 6.03. The first-order chi connectivity index (χ1) is 16.3. The van der Waals surface area contributed by atoms with Crippen LogP contribution in [0.3, 0.4) is 0 Å². The second kappa shape index (κ2) is 9.92. The van der Waals surface area contributed by atoms with Crippen LogP contribution >= 0.6 is 15.9 Å². The van der Waals surface area contributed by atoms with Crippen molar-refractivity contribution in [1.82, 2.24) is 19.5 Å². The zero-order valence-electron chi connectivity index (χ0n) is 21.0. The van der Waals surface area contributed by atoms with Gasteiger partial charge in [-0.05, 0) is 90.0 Å². The van der Waals surface area contributed by atoms with Gasteiger partial charge >= 0.3 is 0 Å². The van der Waals surface area contributed by atoms with Crippen LogP contribution in [0.5, 0.6) is 0 Å². The van der Waals surface area contributed by atoms with Crippen LogP contribution in [-0.2, 0) is 11.3 Å². The molecule has 2 aromatic heterocycles. The Kier molecular flexibility index (Phi) is 7.09. The number of hydrogen-bond donors (Lipinski definition) is 2. The molecule has 0 spiro atoms. The van der Waals surface area contributed by atoms with Gasteiger partial charge in [0.25, 0.3) is 0 Å². The lowest BCUT2D eigenvalue weighted by Crippen LogP contribution is -2.45. The second-order valence-electron chi connectivity index (χ2n) is 11.7. The van der Waals surface area contributed by atoms with E-state index in [9.17, 15) is 0 Å². The van der Waals surface area contributed by atoms with E-state index in [1.165, 1.54) is 44.9 Å². The lowest BCUT2D eigenvalue weighted by Gasteiger charge is -2.47. The molecule has 2 saturated carbocycles. The summed E-state index contributed by atoms with van der Waals surface area (Å²) < 4.78 is 8.49. The van der Waals surface area contributed by atoms with E-state index in [-0.39, 0.29) is 0 Å². The lowest BCUT2D eigenvalue weighted by atomic mass is 9.61. The van der Waals surface area contributed by atoms with Crippen LogP contribution in [0, 0.1) is 29.1 Å². The number of nitrogens with zero attached hydrogens (tertiary/aromatic N) is 4. The van der Waals surface area contributed by atoms with E-state index in [2.05, 4.69) is 56.6 Å². The van der Waals surface area contributed by atoms with Crippen LogP contribution in [0.15, 0.2) is 4.73 Å². The molecular formula is C26H41BrN6O. The van der Waals surface area contributed by atoms with Crippen LogP contribution in [0.1, 0.15) is 78.6 Å². The van der Waals surface area contributed by atoms with Crippen molar-refractivity contribution in [2.45, 2.75) is 91.1 Å². The van der Waals surface area contributed by atoms with Gasteiger partial charge in [0.2, 0.25) is 5.95 Å². The van der Waals surface area contributed by atoms with Crippen molar-refractivity contribution in [3.8, 4) is 0 Å². The quantitative estimate of drug-likeness (QED) is 0.441. The molecule has 3 unspecified atom stereocenters. The van der Waals surface area contributed by atoms with Crippen molar-refractivity contribution in [2.75, 3.05) is 24.3 Å². The minimum absolute atomic E-state index is 0.367. The van der Waals surface area contributed by atoms with Gasteiger partial charge in [-0.15, -0.1) is 0 Å². The Balaban J connectivity index is 1.42. The molecule has 3 N–H and O–H groups in total. The molecule has 1 saturated heterocycles. The van der Waals surface area contributed by atoms with Crippen molar-refractivity contribution in [2.24, 2.45) is 29.1 Å². The molecule has 2 aromatic rings. The summed E-state index contributed by atoms with van der Waals surface area (Å²) in [6.45, 7) is 9.78. The van der Waals surface area contributed by atoms with E-state index in [0.717, 1.165) is 48.9 Å². The summed E-state index contributed by atoms with van der Waals surface area (Å²) in [6, 6.07) is 0.367. The highest BCUT2D eigenvalue weighted by Gasteiger charge is 2.44. The van der Waals surface area contributed by atoms with Crippen LogP contribution in [0.25, 0.3) is 11.2 Å². The molecular weight excluding hydrogens is 492 g/mol.